The number of Topliss-reactive ketones (excluding diaryl/α,β-unsaturated/α-hetero) is 1. The molecule has 2 N–H and O–H groups in total. The lowest BCUT2D eigenvalue weighted by Crippen LogP contribution is -2.46. The van der Waals surface area contributed by atoms with Gasteiger partial charge < -0.3 is 15.3 Å². The van der Waals surface area contributed by atoms with E-state index in [1.165, 1.54) is 36.1 Å². The van der Waals surface area contributed by atoms with Gasteiger partial charge in [-0.2, -0.15) is 5.10 Å². The number of benzene rings is 1. The summed E-state index contributed by atoms with van der Waals surface area (Å²) < 4.78 is 29.6. The Morgan fingerprint density at radius 1 is 1.31 bits per heavy atom. The van der Waals surface area contributed by atoms with E-state index < -0.39 is 29.8 Å². The summed E-state index contributed by atoms with van der Waals surface area (Å²) in [6.07, 6.45) is 1.44. The third-order valence-electron chi connectivity index (χ3n) is 5.53. The first-order chi connectivity index (χ1) is 17.2. The van der Waals surface area contributed by atoms with Crippen LogP contribution < -0.4 is 5.32 Å². The van der Waals surface area contributed by atoms with E-state index in [2.05, 4.69) is 15.4 Å². The van der Waals surface area contributed by atoms with Crippen LogP contribution in [0.1, 0.15) is 29.4 Å². The molecule has 4 rings (SSSR count). The second kappa shape index (κ2) is 11.7. The van der Waals surface area contributed by atoms with Crippen molar-refractivity contribution in [1.82, 2.24) is 25.0 Å². The highest BCUT2D eigenvalue weighted by molar-refractivity contribution is 6.30. The number of hydrogen-bond donors (Lipinski definition) is 2. The lowest BCUT2D eigenvalue weighted by molar-refractivity contribution is -0.139. The number of aromatic nitrogens is 3. The normalized spacial score (nSPS) is 16.8. The summed E-state index contributed by atoms with van der Waals surface area (Å²) >= 11 is 5.76. The monoisotopic (exact) mass is 521 g/mol. The summed E-state index contributed by atoms with van der Waals surface area (Å²) in [6.45, 7) is 0.415. The van der Waals surface area contributed by atoms with Crippen LogP contribution >= 0.6 is 11.6 Å². The highest BCUT2D eigenvalue weighted by Gasteiger charge is 2.40. The van der Waals surface area contributed by atoms with Crippen LogP contribution in [-0.4, -0.2) is 67.6 Å². The van der Waals surface area contributed by atoms with Crippen molar-refractivity contribution in [2.45, 2.75) is 38.6 Å². The number of hydrogen-bond acceptors (Lipinski definition) is 6. The number of alkyl halides is 1. The molecule has 1 fully saturated rings. The molecule has 0 spiro atoms. The minimum Gasteiger partial charge on any atom is -0.483 e. The molecule has 36 heavy (non-hydrogen) atoms. The van der Waals surface area contributed by atoms with E-state index in [1.54, 1.807) is 12.1 Å². The molecular formula is C23H22ClF2N5O5. The van der Waals surface area contributed by atoms with Crippen LogP contribution in [0, 0.1) is 5.82 Å². The zero-order valence-electron chi connectivity index (χ0n) is 19.0. The van der Waals surface area contributed by atoms with Gasteiger partial charge >= 0.3 is 0 Å². The molecule has 3 aromatic rings. The van der Waals surface area contributed by atoms with Gasteiger partial charge in [-0.1, -0.05) is 23.7 Å². The molecule has 2 atom stereocenters. The first kappa shape index (κ1) is 26.7. The fraction of sp³-hybridized carbons (Fsp3) is 0.304. The van der Waals surface area contributed by atoms with Gasteiger partial charge in [0.05, 0.1) is 23.3 Å². The van der Waals surface area contributed by atoms with Crippen molar-refractivity contribution in [1.29, 1.82) is 0 Å². The van der Waals surface area contributed by atoms with E-state index in [-0.39, 0.29) is 54.6 Å². The zero-order chi connectivity index (χ0) is 26.4. The number of carboxylic acid groups (broad SMARTS) is 1. The average molecular weight is 522 g/mol. The maximum absolute atomic E-state index is 14.2. The van der Waals surface area contributed by atoms with E-state index in [4.69, 9.17) is 21.5 Å². The van der Waals surface area contributed by atoms with Crippen molar-refractivity contribution in [2.24, 2.45) is 0 Å². The number of carbonyl (C=O) groups is 4. The molecule has 1 aliphatic heterocycles. The van der Waals surface area contributed by atoms with Gasteiger partial charge in [-0.05, 0) is 12.1 Å². The predicted molar refractivity (Wildman–Crippen MR) is 124 cm³/mol. The van der Waals surface area contributed by atoms with Gasteiger partial charge in [0.2, 0.25) is 11.8 Å². The highest BCUT2D eigenvalue weighted by atomic mass is 35.5. The van der Waals surface area contributed by atoms with Gasteiger partial charge in [0.1, 0.15) is 30.3 Å². The number of rotatable bonds is 6. The molecule has 2 aromatic heterocycles. The van der Waals surface area contributed by atoms with Crippen molar-refractivity contribution in [3.05, 3.63) is 58.8 Å². The Hall–Kier alpha value is -3.93. The molecule has 0 saturated carbocycles. The summed E-state index contributed by atoms with van der Waals surface area (Å²) in [5, 5.41) is 14.1. The van der Waals surface area contributed by atoms with Crippen LogP contribution in [0.4, 0.5) is 8.78 Å². The average Bonchev–Trinajstić information content (AvgIpc) is 3.41. The van der Waals surface area contributed by atoms with E-state index in [0.717, 1.165) is 4.90 Å². The molecule has 0 radical (unpaired) electrons. The summed E-state index contributed by atoms with van der Waals surface area (Å²) in [4.78, 5) is 51.2. The molecule has 13 heteroatoms. The Bertz CT molecular complexity index is 1300. The second-order valence-electron chi connectivity index (χ2n) is 7.89. The van der Waals surface area contributed by atoms with Crippen molar-refractivity contribution in [3.63, 3.8) is 0 Å². The minimum absolute atomic E-state index is 0.0749. The zero-order valence-corrected chi connectivity index (χ0v) is 19.8. The molecule has 1 aliphatic rings. The van der Waals surface area contributed by atoms with Crippen LogP contribution in [0.5, 0.6) is 0 Å². The summed E-state index contributed by atoms with van der Waals surface area (Å²) in [5.41, 5.74) is 0.850. The molecule has 1 aromatic carbocycles. The third kappa shape index (κ3) is 5.82. The Labute approximate surface area is 208 Å². The third-order valence-corrected chi connectivity index (χ3v) is 5.82. The molecule has 10 nitrogen and oxygen atoms in total. The number of nitrogens with zero attached hydrogens (tertiary/aromatic N) is 4. The van der Waals surface area contributed by atoms with E-state index in [1.807, 2.05) is 0 Å². The Morgan fingerprint density at radius 3 is 2.72 bits per heavy atom. The molecule has 0 unspecified atom stereocenters. The quantitative estimate of drug-likeness (QED) is 0.375. The van der Waals surface area contributed by atoms with Crippen LogP contribution in [0.2, 0.25) is 5.02 Å². The molecule has 0 aliphatic carbocycles. The number of fused-ring (bicyclic) bond motifs is 1. The van der Waals surface area contributed by atoms with Crippen LogP contribution in [0.3, 0.4) is 0 Å². The number of carbonyl (C=O) groups excluding carboxylic acids is 3. The van der Waals surface area contributed by atoms with Crippen molar-refractivity contribution < 1.29 is 33.1 Å². The lowest BCUT2D eigenvalue weighted by atomic mass is 10.1. The van der Waals surface area contributed by atoms with E-state index >= 15 is 0 Å². The van der Waals surface area contributed by atoms with Crippen LogP contribution in [-0.2, 0) is 27.5 Å². The number of nitrogens with one attached hydrogen (secondary N) is 1. The van der Waals surface area contributed by atoms with Crippen LogP contribution in [0.15, 0.2) is 36.7 Å². The smallest absolute Gasteiger partial charge is 0.290 e. The van der Waals surface area contributed by atoms with Gasteiger partial charge in [-0.15, -0.1) is 0 Å². The first-order valence-electron chi connectivity index (χ1n) is 10.7. The molecule has 3 heterocycles. The fourth-order valence-corrected chi connectivity index (χ4v) is 4.11. The Kier molecular flexibility index (Phi) is 8.64. The molecule has 1 saturated heterocycles. The SMILES string of the molecule is CC(=O)c1nn(CC(=O)N2C[C@H](F)C[C@H]2C(=O)NCc2cccc(Cl)c2F)c2cnccc12.O=CO. The lowest BCUT2D eigenvalue weighted by Gasteiger charge is -2.23. The largest absolute Gasteiger partial charge is 0.483 e. The summed E-state index contributed by atoms with van der Waals surface area (Å²) in [5.74, 6) is -2.05. The van der Waals surface area contributed by atoms with E-state index in [0.29, 0.717) is 10.9 Å². The number of amides is 2. The van der Waals surface area contributed by atoms with Gasteiger partial charge in [-0.3, -0.25) is 28.8 Å². The topological polar surface area (TPSA) is 134 Å². The number of halogens is 3. The van der Waals surface area contributed by atoms with Gasteiger partial charge in [0, 0.05) is 37.0 Å². The fourth-order valence-electron chi connectivity index (χ4n) is 3.91. The van der Waals surface area contributed by atoms with Crippen molar-refractivity contribution >= 4 is 46.6 Å². The Balaban J connectivity index is 0.00000115. The highest BCUT2D eigenvalue weighted by Crippen LogP contribution is 2.24. The van der Waals surface area contributed by atoms with Crippen molar-refractivity contribution in [2.75, 3.05) is 6.54 Å². The van der Waals surface area contributed by atoms with Gasteiger partial charge in [0.15, 0.2) is 5.78 Å². The molecule has 190 valence electrons. The molecule has 2 amide bonds. The Morgan fingerprint density at radius 2 is 2.03 bits per heavy atom. The first-order valence-corrected chi connectivity index (χ1v) is 11.1. The van der Waals surface area contributed by atoms with Crippen LogP contribution in [0.25, 0.3) is 10.9 Å². The number of ketones is 1. The maximum atomic E-state index is 14.2. The summed E-state index contributed by atoms with van der Waals surface area (Å²) in [7, 11) is 0. The standard InChI is InChI=1S/C22H20ClF2N5O3.CH2O2/c1-12(31)21-15-5-6-26-9-18(15)30(28-21)11-19(32)29-10-14(24)7-17(29)22(33)27-8-13-3-2-4-16(23)20(13)25;2-1-3/h2-6,9,14,17H,7-8,10-11H2,1H3,(H,27,33);1H,(H,2,3)/t14-,17+;/m1./s1. The predicted octanol–water partition coefficient (Wildman–Crippen LogP) is 2.38. The van der Waals surface area contributed by atoms with Crippen molar-refractivity contribution in [3.8, 4) is 0 Å². The van der Waals surface area contributed by atoms with Gasteiger partial charge in [0.25, 0.3) is 6.47 Å². The number of pyridine rings is 1. The van der Waals surface area contributed by atoms with Gasteiger partial charge in [-0.25, -0.2) is 8.78 Å². The molecular weight excluding hydrogens is 500 g/mol. The number of likely N-dealkylation sites (tertiary alicyclic amines) is 1. The second-order valence-corrected chi connectivity index (χ2v) is 8.29. The maximum Gasteiger partial charge on any atom is 0.290 e. The molecule has 0 bridgehead atoms. The summed E-state index contributed by atoms with van der Waals surface area (Å²) in [6, 6.07) is 4.98. The minimum atomic E-state index is -1.38. The van der Waals surface area contributed by atoms with E-state index in [9.17, 15) is 23.2 Å².